The van der Waals surface area contributed by atoms with E-state index in [9.17, 15) is 14.7 Å². The fourth-order valence-electron chi connectivity index (χ4n) is 5.19. The highest BCUT2D eigenvalue weighted by atomic mass is 16.6. The lowest BCUT2D eigenvalue weighted by molar-refractivity contribution is -0.171. The fourth-order valence-corrected chi connectivity index (χ4v) is 5.19. The third-order valence-electron chi connectivity index (χ3n) is 7.18. The van der Waals surface area contributed by atoms with Crippen molar-refractivity contribution < 1.29 is 33.6 Å². The van der Waals surface area contributed by atoms with E-state index in [0.717, 1.165) is 18.4 Å². The lowest BCUT2D eigenvalue weighted by atomic mass is 9.83. The molecule has 0 bridgehead atoms. The van der Waals surface area contributed by atoms with Crippen LogP contribution in [0, 0.1) is 5.92 Å². The van der Waals surface area contributed by atoms with Crippen LogP contribution in [0.15, 0.2) is 36.0 Å². The number of allylic oxidation sites excluding steroid dienone is 2. The SMILES string of the molecule is CC(=O)O[C@@H](C)/C=C\C(=O)N[C@@H]1C[C@H](C)[C@H](C/C=C(C)/C=C/C2OC(C)(C)C[C@@]3(CO3)[C@@H]2O)O[C@@H]1C. The molecule has 1 amide bonds. The third kappa shape index (κ3) is 7.75. The van der Waals surface area contributed by atoms with E-state index in [1.54, 1.807) is 13.0 Å². The molecular weight excluding hydrogens is 462 g/mol. The molecule has 3 aliphatic heterocycles. The molecule has 0 aliphatic carbocycles. The van der Waals surface area contributed by atoms with Crippen LogP contribution in [-0.4, -0.2) is 71.4 Å². The largest absolute Gasteiger partial charge is 0.459 e. The van der Waals surface area contributed by atoms with Crippen molar-refractivity contribution in [3.63, 3.8) is 0 Å². The van der Waals surface area contributed by atoms with Crippen molar-refractivity contribution in [2.75, 3.05) is 6.61 Å². The van der Waals surface area contributed by atoms with E-state index >= 15 is 0 Å². The molecule has 202 valence electrons. The topological polar surface area (TPSA) is 107 Å². The van der Waals surface area contributed by atoms with Gasteiger partial charge >= 0.3 is 5.97 Å². The molecule has 2 N–H and O–H groups in total. The Kier molecular flexibility index (Phi) is 9.20. The number of amides is 1. The van der Waals surface area contributed by atoms with E-state index in [4.69, 9.17) is 18.9 Å². The number of ether oxygens (including phenoxy) is 4. The van der Waals surface area contributed by atoms with Gasteiger partial charge in [0.15, 0.2) is 0 Å². The highest BCUT2D eigenvalue weighted by Gasteiger charge is 2.60. The summed E-state index contributed by atoms with van der Waals surface area (Å²) in [7, 11) is 0. The Bertz CT molecular complexity index is 888. The third-order valence-corrected chi connectivity index (χ3v) is 7.18. The first-order chi connectivity index (χ1) is 16.8. The van der Waals surface area contributed by atoms with Crippen molar-refractivity contribution >= 4 is 11.9 Å². The van der Waals surface area contributed by atoms with E-state index in [1.807, 2.05) is 39.8 Å². The number of nitrogens with one attached hydrogen (secondary N) is 1. The zero-order valence-corrected chi connectivity index (χ0v) is 22.7. The molecule has 1 spiro atoms. The van der Waals surface area contributed by atoms with Crippen molar-refractivity contribution in [3.05, 3.63) is 36.0 Å². The van der Waals surface area contributed by atoms with Gasteiger partial charge in [-0.15, -0.1) is 0 Å². The summed E-state index contributed by atoms with van der Waals surface area (Å²) < 4.78 is 23.0. The number of epoxide rings is 1. The maximum absolute atomic E-state index is 12.3. The van der Waals surface area contributed by atoms with Gasteiger partial charge < -0.3 is 29.4 Å². The van der Waals surface area contributed by atoms with Crippen LogP contribution >= 0.6 is 0 Å². The van der Waals surface area contributed by atoms with E-state index in [0.29, 0.717) is 13.0 Å². The number of carbonyl (C=O) groups is 2. The molecule has 0 aromatic heterocycles. The van der Waals surface area contributed by atoms with E-state index in [2.05, 4.69) is 18.3 Å². The number of rotatable bonds is 8. The Morgan fingerprint density at radius 3 is 2.56 bits per heavy atom. The quantitative estimate of drug-likeness (QED) is 0.225. The van der Waals surface area contributed by atoms with Crippen LogP contribution in [0.25, 0.3) is 0 Å². The molecule has 1 unspecified atom stereocenters. The van der Waals surface area contributed by atoms with Crippen LogP contribution in [0.1, 0.15) is 67.7 Å². The summed E-state index contributed by atoms with van der Waals surface area (Å²) in [4.78, 5) is 23.3. The van der Waals surface area contributed by atoms with Gasteiger partial charge in [0.2, 0.25) is 5.91 Å². The minimum absolute atomic E-state index is 0.0506. The number of aliphatic hydroxyl groups is 1. The van der Waals surface area contributed by atoms with Gasteiger partial charge in [0.25, 0.3) is 0 Å². The Morgan fingerprint density at radius 1 is 1.22 bits per heavy atom. The first-order valence-corrected chi connectivity index (χ1v) is 13.0. The lowest BCUT2D eigenvalue weighted by Crippen LogP contribution is -2.53. The van der Waals surface area contributed by atoms with E-state index in [1.165, 1.54) is 13.0 Å². The van der Waals surface area contributed by atoms with E-state index in [-0.39, 0.29) is 41.6 Å². The highest BCUT2D eigenvalue weighted by Crippen LogP contribution is 2.46. The summed E-state index contributed by atoms with van der Waals surface area (Å²) >= 11 is 0. The Balaban J connectivity index is 1.49. The van der Waals surface area contributed by atoms with Crippen LogP contribution in [0.3, 0.4) is 0 Å². The van der Waals surface area contributed by atoms with Crippen molar-refractivity contribution in [3.8, 4) is 0 Å². The van der Waals surface area contributed by atoms with Gasteiger partial charge in [-0.1, -0.05) is 30.7 Å². The second kappa shape index (κ2) is 11.6. The maximum Gasteiger partial charge on any atom is 0.303 e. The molecule has 3 rings (SSSR count). The molecule has 8 atom stereocenters. The van der Waals surface area contributed by atoms with Gasteiger partial charge in [-0.05, 0) is 59.5 Å². The van der Waals surface area contributed by atoms with Gasteiger partial charge in [0, 0.05) is 19.4 Å². The average Bonchev–Trinajstić information content (AvgIpc) is 3.54. The number of hydrogen-bond donors (Lipinski definition) is 2. The normalized spacial score (nSPS) is 37.3. The second-order valence-electron chi connectivity index (χ2n) is 11.2. The van der Waals surface area contributed by atoms with Gasteiger partial charge in [-0.2, -0.15) is 0 Å². The summed E-state index contributed by atoms with van der Waals surface area (Å²) in [6.07, 6.45) is 9.71. The molecule has 36 heavy (non-hydrogen) atoms. The molecule has 3 saturated heterocycles. The minimum atomic E-state index is -0.663. The molecule has 8 nitrogen and oxygen atoms in total. The first-order valence-electron chi connectivity index (χ1n) is 13.0. The van der Waals surface area contributed by atoms with E-state index < -0.39 is 23.9 Å². The number of aliphatic hydroxyl groups excluding tert-OH is 1. The number of esters is 1. The van der Waals surface area contributed by atoms with Gasteiger partial charge in [0.1, 0.15) is 23.9 Å². The van der Waals surface area contributed by atoms with Crippen LogP contribution in [0.2, 0.25) is 0 Å². The first kappa shape index (κ1) is 28.6. The van der Waals surface area contributed by atoms with Crippen LogP contribution in [0.5, 0.6) is 0 Å². The summed E-state index contributed by atoms with van der Waals surface area (Å²) in [5.74, 6) is -0.346. The molecule has 0 aromatic carbocycles. The molecular formula is C28H43NO7. The lowest BCUT2D eigenvalue weighted by Gasteiger charge is -2.41. The van der Waals surface area contributed by atoms with Crippen molar-refractivity contribution in [2.24, 2.45) is 5.92 Å². The standard InChI is InChI=1S/C28H43NO7/c1-17(9-12-24-26(32)28(16-33-28)15-27(6,7)36-24)8-11-23-18(2)14-22(20(4)35-23)29-25(31)13-10-19(3)34-21(5)30/h8-10,12-13,18-20,22-24,26,32H,11,14-16H2,1-7H3,(H,29,31)/b12-9+,13-10-,17-8+/t18-,19-,20+,22+,23-,24?,26+,28+/m0/s1. The Labute approximate surface area is 215 Å². The van der Waals surface area contributed by atoms with Crippen LogP contribution < -0.4 is 5.32 Å². The minimum Gasteiger partial charge on any atom is -0.459 e. The monoisotopic (exact) mass is 505 g/mol. The summed E-state index contributed by atoms with van der Waals surface area (Å²) in [6.45, 7) is 13.8. The smallest absolute Gasteiger partial charge is 0.303 e. The van der Waals surface area contributed by atoms with Crippen LogP contribution in [0.4, 0.5) is 0 Å². The van der Waals surface area contributed by atoms with Gasteiger partial charge in [0.05, 0.1) is 30.5 Å². The highest BCUT2D eigenvalue weighted by molar-refractivity contribution is 5.87. The molecule has 3 fully saturated rings. The fraction of sp³-hybridized carbons (Fsp3) is 0.714. The number of carbonyl (C=O) groups excluding carboxylic acids is 2. The van der Waals surface area contributed by atoms with Crippen LogP contribution in [-0.2, 0) is 28.5 Å². The zero-order valence-electron chi connectivity index (χ0n) is 22.7. The Hall–Kier alpha value is -2.00. The maximum atomic E-state index is 12.3. The van der Waals surface area contributed by atoms with Gasteiger partial charge in [-0.3, -0.25) is 9.59 Å². The molecule has 0 aromatic rings. The average molecular weight is 506 g/mol. The summed E-state index contributed by atoms with van der Waals surface area (Å²) in [5, 5.41) is 13.7. The second-order valence-corrected chi connectivity index (χ2v) is 11.2. The predicted molar refractivity (Wildman–Crippen MR) is 136 cm³/mol. The van der Waals surface area contributed by atoms with Crippen molar-refractivity contribution in [1.82, 2.24) is 5.32 Å². The molecule has 0 saturated carbocycles. The molecule has 3 aliphatic rings. The van der Waals surface area contributed by atoms with Gasteiger partial charge in [-0.25, -0.2) is 0 Å². The Morgan fingerprint density at radius 2 is 1.92 bits per heavy atom. The molecule has 0 radical (unpaired) electrons. The molecule has 3 heterocycles. The summed E-state index contributed by atoms with van der Waals surface area (Å²) in [5.41, 5.74) is 0.274. The molecule has 8 heteroatoms. The zero-order chi connectivity index (χ0) is 26.7. The van der Waals surface area contributed by atoms with Crippen molar-refractivity contribution in [2.45, 2.75) is 115 Å². The summed E-state index contributed by atoms with van der Waals surface area (Å²) in [6, 6.07) is -0.0901. The number of hydrogen-bond acceptors (Lipinski definition) is 7. The predicted octanol–water partition coefficient (Wildman–Crippen LogP) is 3.38. The van der Waals surface area contributed by atoms with Crippen molar-refractivity contribution in [1.29, 1.82) is 0 Å².